The molecular formula is C15H38Si4. The summed E-state index contributed by atoms with van der Waals surface area (Å²) in [5, 5.41) is 0. The van der Waals surface area contributed by atoms with Gasteiger partial charge in [0, 0.05) is 29.4 Å². The maximum atomic E-state index is 2.75. The standard InChI is InChI=1S/C15H38Si4/c1-16(2,3)19(17(4,5)6,18(7,8)9)15-13-11-10-12-14-15/h15H,10-14H2,1-9H3. The zero-order valence-corrected chi connectivity index (χ0v) is 19.1. The van der Waals surface area contributed by atoms with Gasteiger partial charge in [0.15, 0.2) is 0 Å². The zero-order valence-electron chi connectivity index (χ0n) is 15.1. The summed E-state index contributed by atoms with van der Waals surface area (Å²) in [4.78, 5) is 0. The quantitative estimate of drug-likeness (QED) is 0.553. The van der Waals surface area contributed by atoms with Crippen LogP contribution in [0.25, 0.3) is 0 Å². The van der Waals surface area contributed by atoms with E-state index in [0.29, 0.717) is 0 Å². The highest BCUT2D eigenvalue weighted by atomic mass is 29.9. The van der Waals surface area contributed by atoms with Crippen molar-refractivity contribution in [2.24, 2.45) is 0 Å². The monoisotopic (exact) mass is 330 g/mol. The molecule has 114 valence electrons. The normalized spacial score (nSPS) is 20.7. The summed E-state index contributed by atoms with van der Waals surface area (Å²) in [6.07, 6.45) is 7.80. The van der Waals surface area contributed by atoms with Gasteiger partial charge in [-0.25, -0.2) is 0 Å². The Labute approximate surface area is 126 Å². The lowest BCUT2D eigenvalue weighted by atomic mass is 10.0. The highest BCUT2D eigenvalue weighted by molar-refractivity contribution is 7.89. The lowest BCUT2D eigenvalue weighted by Crippen LogP contribution is -2.84. The third-order valence-corrected chi connectivity index (χ3v) is 80.1. The third kappa shape index (κ3) is 3.06. The molecule has 4 heteroatoms. The molecule has 0 saturated heterocycles. The average molecular weight is 331 g/mol. The van der Waals surface area contributed by atoms with Crippen LogP contribution in [0, 0.1) is 0 Å². The molecule has 0 nitrogen and oxygen atoms in total. The lowest BCUT2D eigenvalue weighted by molar-refractivity contribution is 0.499. The first-order valence-corrected chi connectivity index (χ1v) is 23.9. The smallest absolute Gasteiger partial charge is 0.0406 e. The van der Waals surface area contributed by atoms with E-state index in [1.165, 1.54) is 12.0 Å². The van der Waals surface area contributed by atoms with E-state index in [0.717, 1.165) is 0 Å². The highest BCUT2D eigenvalue weighted by Gasteiger charge is 2.64. The zero-order chi connectivity index (χ0) is 15.1. The van der Waals surface area contributed by atoms with Crippen molar-refractivity contribution in [1.29, 1.82) is 0 Å². The van der Waals surface area contributed by atoms with E-state index in [-0.39, 0.29) is 0 Å². The van der Waals surface area contributed by atoms with Crippen LogP contribution in [0.15, 0.2) is 0 Å². The Morgan fingerprint density at radius 2 is 0.842 bits per heavy atom. The van der Waals surface area contributed by atoms with Gasteiger partial charge in [0.1, 0.15) is 0 Å². The van der Waals surface area contributed by atoms with E-state index in [1.54, 1.807) is 25.7 Å². The molecule has 0 heterocycles. The molecule has 0 spiro atoms. The molecule has 1 fully saturated rings. The molecule has 1 rings (SSSR count). The van der Waals surface area contributed by atoms with Gasteiger partial charge in [-0.2, -0.15) is 0 Å². The van der Waals surface area contributed by atoms with Crippen molar-refractivity contribution in [1.82, 2.24) is 0 Å². The molecule has 0 aromatic carbocycles. The SMILES string of the molecule is C[Si](C)(C)[Si](C1CCCCC1)([Si](C)(C)C)[Si](C)(C)C. The van der Waals surface area contributed by atoms with Gasteiger partial charge in [-0.1, -0.05) is 96.6 Å². The highest BCUT2D eigenvalue weighted by Crippen LogP contribution is 2.50. The predicted molar refractivity (Wildman–Crippen MR) is 103 cm³/mol. The fourth-order valence-corrected chi connectivity index (χ4v) is 113. The van der Waals surface area contributed by atoms with E-state index >= 15 is 0 Å². The molecule has 0 aliphatic heterocycles. The van der Waals surface area contributed by atoms with Crippen LogP contribution in [0.2, 0.25) is 64.5 Å². The molecule has 0 N–H and O–H groups in total. The van der Waals surface area contributed by atoms with Crippen LogP contribution in [0.3, 0.4) is 0 Å². The molecule has 19 heavy (non-hydrogen) atoms. The summed E-state index contributed by atoms with van der Waals surface area (Å²) >= 11 is 0. The Kier molecular flexibility index (Phi) is 5.26. The van der Waals surface area contributed by atoms with Gasteiger partial charge in [0.2, 0.25) is 0 Å². The Bertz CT molecular complexity index is 262. The van der Waals surface area contributed by atoms with Crippen molar-refractivity contribution in [3.05, 3.63) is 0 Å². The molecule has 1 saturated carbocycles. The molecule has 1 aliphatic rings. The topological polar surface area (TPSA) is 0 Å². The minimum atomic E-state index is -1.08. The van der Waals surface area contributed by atoms with Gasteiger partial charge in [-0.3, -0.25) is 0 Å². The lowest BCUT2D eigenvalue weighted by Gasteiger charge is -2.62. The van der Waals surface area contributed by atoms with E-state index in [4.69, 9.17) is 0 Å². The average Bonchev–Trinajstić information content (AvgIpc) is 2.12. The van der Waals surface area contributed by atoms with Crippen molar-refractivity contribution >= 4 is 29.4 Å². The molecule has 1 aliphatic carbocycles. The summed E-state index contributed by atoms with van der Waals surface area (Å²) < 4.78 is 0. The van der Waals surface area contributed by atoms with Crippen molar-refractivity contribution < 1.29 is 0 Å². The first kappa shape index (κ1) is 17.9. The fraction of sp³-hybridized carbons (Fsp3) is 1.00. The van der Waals surface area contributed by atoms with E-state index in [9.17, 15) is 0 Å². The van der Waals surface area contributed by atoms with Crippen molar-refractivity contribution in [3.8, 4) is 0 Å². The van der Waals surface area contributed by atoms with Gasteiger partial charge in [0.25, 0.3) is 0 Å². The second-order valence-electron chi connectivity index (χ2n) is 9.89. The molecule has 0 aromatic rings. The van der Waals surface area contributed by atoms with Crippen LogP contribution >= 0.6 is 0 Å². The summed E-state index contributed by atoms with van der Waals surface area (Å²) in [7, 11) is -3.10. The minimum absolute atomic E-state index is 1.03. The van der Waals surface area contributed by atoms with Crippen LogP contribution in [0.4, 0.5) is 0 Å². The molecule has 0 unspecified atom stereocenters. The van der Waals surface area contributed by atoms with Crippen LogP contribution < -0.4 is 0 Å². The predicted octanol–water partition coefficient (Wildman–Crippen LogP) is 6.02. The first-order chi connectivity index (χ1) is 8.36. The van der Waals surface area contributed by atoms with E-state index in [2.05, 4.69) is 58.9 Å². The van der Waals surface area contributed by atoms with Gasteiger partial charge in [-0.05, 0) is 0 Å². The van der Waals surface area contributed by atoms with Crippen molar-refractivity contribution in [2.45, 2.75) is 96.6 Å². The largest absolute Gasteiger partial charge is 0.0718 e. The summed E-state index contributed by atoms with van der Waals surface area (Å²) in [5.74, 6) is 0. The Morgan fingerprint density at radius 3 is 1.11 bits per heavy atom. The van der Waals surface area contributed by atoms with E-state index in [1.807, 2.05) is 0 Å². The van der Waals surface area contributed by atoms with Crippen molar-refractivity contribution in [3.63, 3.8) is 0 Å². The third-order valence-electron chi connectivity index (χ3n) is 5.77. The number of hydrogen-bond donors (Lipinski definition) is 0. The number of rotatable bonds is 4. The molecular weight excluding hydrogens is 293 g/mol. The van der Waals surface area contributed by atoms with E-state index < -0.39 is 29.4 Å². The summed E-state index contributed by atoms with van der Waals surface area (Å²) in [5.41, 5.74) is 1.20. The summed E-state index contributed by atoms with van der Waals surface area (Å²) in [6.45, 7) is 23.7. The first-order valence-electron chi connectivity index (χ1n) is 8.36. The van der Waals surface area contributed by atoms with Crippen LogP contribution in [0.1, 0.15) is 32.1 Å². The number of hydrogen-bond acceptors (Lipinski definition) is 0. The maximum Gasteiger partial charge on any atom is 0.0406 e. The Hall–Kier alpha value is 0.868. The fourth-order valence-electron chi connectivity index (χ4n) is 6.75. The molecule has 0 aromatic heterocycles. The van der Waals surface area contributed by atoms with Gasteiger partial charge >= 0.3 is 0 Å². The second-order valence-corrected chi connectivity index (χ2v) is 50.9. The van der Waals surface area contributed by atoms with Gasteiger partial charge in [-0.15, -0.1) is 0 Å². The minimum Gasteiger partial charge on any atom is -0.0718 e. The maximum absolute atomic E-state index is 2.75. The Balaban J connectivity index is 3.44. The van der Waals surface area contributed by atoms with Crippen LogP contribution in [-0.4, -0.2) is 29.4 Å². The molecule has 0 amide bonds. The van der Waals surface area contributed by atoms with Gasteiger partial charge in [0.05, 0.1) is 0 Å². The van der Waals surface area contributed by atoms with Gasteiger partial charge < -0.3 is 0 Å². The molecule has 0 bridgehead atoms. The second kappa shape index (κ2) is 5.58. The van der Waals surface area contributed by atoms with Crippen LogP contribution in [0.5, 0.6) is 0 Å². The van der Waals surface area contributed by atoms with Crippen molar-refractivity contribution in [2.75, 3.05) is 0 Å². The summed E-state index contributed by atoms with van der Waals surface area (Å²) in [6, 6.07) is 0. The molecule has 0 radical (unpaired) electrons. The molecule has 0 atom stereocenters. The Morgan fingerprint density at radius 1 is 0.526 bits per heavy atom. The van der Waals surface area contributed by atoms with Crippen LogP contribution in [-0.2, 0) is 0 Å².